The van der Waals surface area contributed by atoms with Crippen LogP contribution in [0.1, 0.15) is 23.1 Å². The van der Waals surface area contributed by atoms with Gasteiger partial charge >= 0.3 is 12.1 Å². The van der Waals surface area contributed by atoms with E-state index in [1.165, 1.54) is 0 Å². The molecule has 0 fully saturated rings. The largest absolute Gasteiger partial charge is 0.472 e. The molecule has 2 aromatic carbocycles. The molecule has 0 aliphatic carbocycles. The SMILES string of the molecule is C=CC(c1ccccc1)C(c1ccccc1)N(C#C[Si](C)(C)C)C(=O)C(F)(F)F. The second-order valence-corrected chi connectivity index (χ2v) is 12.4. The van der Waals surface area contributed by atoms with Gasteiger partial charge in [0.1, 0.15) is 8.07 Å². The van der Waals surface area contributed by atoms with Crippen LogP contribution in [0.15, 0.2) is 73.3 Å². The third-order valence-electron chi connectivity index (χ3n) is 4.21. The molecule has 2 unspecified atom stereocenters. The number of nitrogens with zero attached hydrogens (tertiary/aromatic N) is 1. The Kier molecular flexibility index (Phi) is 7.10. The van der Waals surface area contributed by atoms with Gasteiger partial charge in [0.15, 0.2) is 0 Å². The lowest BCUT2D eigenvalue weighted by Gasteiger charge is -2.33. The molecule has 0 saturated carbocycles. The maximum absolute atomic E-state index is 13.5. The van der Waals surface area contributed by atoms with Crippen molar-refractivity contribution in [2.75, 3.05) is 0 Å². The van der Waals surface area contributed by atoms with E-state index in [1.807, 2.05) is 37.8 Å². The fourth-order valence-corrected chi connectivity index (χ4v) is 3.36. The fraction of sp³-hybridized carbons (Fsp3) is 0.261. The van der Waals surface area contributed by atoms with E-state index >= 15 is 0 Å². The van der Waals surface area contributed by atoms with E-state index in [0.717, 1.165) is 5.56 Å². The third kappa shape index (κ3) is 6.10. The zero-order valence-corrected chi connectivity index (χ0v) is 17.7. The van der Waals surface area contributed by atoms with E-state index in [2.05, 4.69) is 18.2 Å². The van der Waals surface area contributed by atoms with Crippen molar-refractivity contribution in [3.63, 3.8) is 0 Å². The number of amides is 1. The smallest absolute Gasteiger partial charge is 0.263 e. The van der Waals surface area contributed by atoms with Crippen molar-refractivity contribution >= 4 is 14.0 Å². The molecule has 1 amide bonds. The minimum Gasteiger partial charge on any atom is -0.263 e. The normalized spacial score (nSPS) is 13.6. The third-order valence-corrected chi connectivity index (χ3v) is 5.07. The monoisotopic (exact) mass is 415 g/mol. The van der Waals surface area contributed by atoms with Crippen molar-refractivity contribution in [2.24, 2.45) is 0 Å². The van der Waals surface area contributed by atoms with E-state index in [1.54, 1.807) is 48.5 Å². The summed E-state index contributed by atoms with van der Waals surface area (Å²) in [5.74, 6) is -2.54. The Morgan fingerprint density at radius 1 is 1.00 bits per heavy atom. The predicted octanol–water partition coefficient (Wildman–Crippen LogP) is 5.93. The highest BCUT2D eigenvalue weighted by Gasteiger charge is 2.46. The van der Waals surface area contributed by atoms with Crippen LogP contribution in [0.4, 0.5) is 13.2 Å². The van der Waals surface area contributed by atoms with Gasteiger partial charge in [-0.15, -0.1) is 12.1 Å². The molecule has 0 N–H and O–H groups in total. The van der Waals surface area contributed by atoms with Gasteiger partial charge in [0, 0.05) is 12.0 Å². The summed E-state index contributed by atoms with van der Waals surface area (Å²) in [5.41, 5.74) is 4.23. The molecular formula is C23H24F3NOSi. The van der Waals surface area contributed by atoms with Gasteiger partial charge in [-0.05, 0) is 11.1 Å². The van der Waals surface area contributed by atoms with Crippen molar-refractivity contribution in [2.45, 2.75) is 37.8 Å². The number of hydrogen-bond acceptors (Lipinski definition) is 1. The van der Waals surface area contributed by atoms with Crippen LogP contribution in [-0.4, -0.2) is 25.1 Å². The zero-order valence-electron chi connectivity index (χ0n) is 16.7. The second kappa shape index (κ2) is 9.14. The van der Waals surface area contributed by atoms with Gasteiger partial charge in [-0.25, -0.2) is 0 Å². The number of halogens is 3. The molecule has 0 aromatic heterocycles. The summed E-state index contributed by atoms with van der Waals surface area (Å²) in [7, 11) is -2.04. The number of carbonyl (C=O) groups excluding carboxylic acids is 1. The lowest BCUT2D eigenvalue weighted by Crippen LogP contribution is -2.42. The Hall–Kier alpha value is -2.78. The zero-order chi connectivity index (χ0) is 21.7. The predicted molar refractivity (Wildman–Crippen MR) is 113 cm³/mol. The second-order valence-electron chi connectivity index (χ2n) is 7.69. The van der Waals surface area contributed by atoms with E-state index < -0.39 is 32.1 Å². The first-order valence-corrected chi connectivity index (χ1v) is 12.7. The molecule has 0 spiro atoms. The van der Waals surface area contributed by atoms with E-state index in [0.29, 0.717) is 10.5 Å². The van der Waals surface area contributed by atoms with Crippen LogP contribution in [0.2, 0.25) is 19.6 Å². The molecule has 6 heteroatoms. The van der Waals surface area contributed by atoms with Crippen molar-refractivity contribution in [3.8, 4) is 11.6 Å². The average molecular weight is 416 g/mol. The molecule has 0 aliphatic rings. The van der Waals surface area contributed by atoms with E-state index in [9.17, 15) is 18.0 Å². The molecule has 2 aromatic rings. The number of carbonyl (C=O) groups is 1. The molecule has 0 heterocycles. The first-order chi connectivity index (χ1) is 13.5. The molecule has 0 radical (unpaired) electrons. The van der Waals surface area contributed by atoms with Gasteiger partial charge in [0.2, 0.25) is 0 Å². The molecule has 2 nitrogen and oxygen atoms in total. The maximum Gasteiger partial charge on any atom is 0.472 e. The Bertz CT molecular complexity index is 893. The van der Waals surface area contributed by atoms with Gasteiger partial charge < -0.3 is 0 Å². The molecule has 0 aliphatic heterocycles. The summed E-state index contributed by atoms with van der Waals surface area (Å²) in [6.07, 6.45) is -3.47. The number of hydrogen-bond donors (Lipinski definition) is 0. The van der Waals surface area contributed by atoms with Crippen LogP contribution in [0.25, 0.3) is 0 Å². The van der Waals surface area contributed by atoms with Gasteiger partial charge in [-0.2, -0.15) is 13.2 Å². The molecule has 152 valence electrons. The van der Waals surface area contributed by atoms with Gasteiger partial charge in [0.25, 0.3) is 0 Å². The molecule has 0 bridgehead atoms. The molecular weight excluding hydrogens is 391 g/mol. The number of rotatable bonds is 5. The molecule has 0 saturated heterocycles. The van der Waals surface area contributed by atoms with Crippen LogP contribution in [0, 0.1) is 11.6 Å². The first kappa shape index (κ1) is 22.5. The van der Waals surface area contributed by atoms with Gasteiger partial charge in [0.05, 0.1) is 6.04 Å². The highest BCUT2D eigenvalue weighted by molar-refractivity contribution is 6.83. The number of alkyl halides is 3. The summed E-state index contributed by atoms with van der Waals surface area (Å²) in [4.78, 5) is 13.1. The summed E-state index contributed by atoms with van der Waals surface area (Å²) < 4.78 is 40.5. The summed E-state index contributed by atoms with van der Waals surface area (Å²) in [6, 6.07) is 19.3. The van der Waals surface area contributed by atoms with Crippen LogP contribution >= 0.6 is 0 Å². The highest BCUT2D eigenvalue weighted by atomic mass is 28.3. The molecule has 2 atom stereocenters. The maximum atomic E-state index is 13.5. The lowest BCUT2D eigenvalue weighted by atomic mass is 9.86. The van der Waals surface area contributed by atoms with Crippen LogP contribution in [-0.2, 0) is 4.79 Å². The van der Waals surface area contributed by atoms with Crippen molar-refractivity contribution in [1.82, 2.24) is 4.90 Å². The van der Waals surface area contributed by atoms with Crippen LogP contribution < -0.4 is 0 Å². The minimum atomic E-state index is -5.04. The van der Waals surface area contributed by atoms with Crippen molar-refractivity contribution in [3.05, 3.63) is 84.4 Å². The summed E-state index contributed by atoms with van der Waals surface area (Å²) in [5, 5.41) is 0. The minimum absolute atomic E-state index is 0.559. The molecule has 29 heavy (non-hydrogen) atoms. The summed E-state index contributed by atoms with van der Waals surface area (Å²) >= 11 is 0. The Morgan fingerprint density at radius 2 is 1.48 bits per heavy atom. The van der Waals surface area contributed by atoms with E-state index in [-0.39, 0.29) is 0 Å². The molecule has 2 rings (SSSR count). The Balaban J connectivity index is 2.71. The Morgan fingerprint density at radius 3 is 1.90 bits per heavy atom. The van der Waals surface area contributed by atoms with Crippen LogP contribution in [0.5, 0.6) is 0 Å². The number of benzene rings is 2. The van der Waals surface area contributed by atoms with Gasteiger partial charge in [-0.3, -0.25) is 9.69 Å². The first-order valence-electron chi connectivity index (χ1n) is 9.20. The fourth-order valence-electron chi connectivity index (χ4n) is 2.90. The quantitative estimate of drug-likeness (QED) is 0.257. The Labute approximate surface area is 171 Å². The van der Waals surface area contributed by atoms with E-state index in [4.69, 9.17) is 0 Å². The average Bonchev–Trinajstić information content (AvgIpc) is 2.67. The standard InChI is InChI=1S/C23H24F3NOSi/c1-5-20(18-12-8-6-9-13-18)21(19-14-10-7-11-15-19)27(16-17-29(2,3)4)22(28)23(24,25)26/h5-15,20-21H,1H2,2-4H3. The topological polar surface area (TPSA) is 20.3 Å². The lowest BCUT2D eigenvalue weighted by molar-refractivity contribution is -0.184. The highest BCUT2D eigenvalue weighted by Crippen LogP contribution is 2.38. The van der Waals surface area contributed by atoms with Crippen LogP contribution in [0.3, 0.4) is 0 Å². The summed E-state index contributed by atoms with van der Waals surface area (Å²) in [6.45, 7) is 9.58. The van der Waals surface area contributed by atoms with Crippen molar-refractivity contribution in [1.29, 1.82) is 0 Å². The van der Waals surface area contributed by atoms with Crippen molar-refractivity contribution < 1.29 is 18.0 Å². The van der Waals surface area contributed by atoms with Gasteiger partial charge in [-0.1, -0.05) is 86.4 Å².